The number of hydrogen-bond acceptors (Lipinski definition) is 1. The van der Waals surface area contributed by atoms with Crippen molar-refractivity contribution < 1.29 is 17.6 Å². The Balaban J connectivity index is 2.26. The molecule has 0 radical (unpaired) electrons. The summed E-state index contributed by atoms with van der Waals surface area (Å²) in [6.45, 7) is 0. The Kier molecular flexibility index (Phi) is 4.30. The maximum Gasteiger partial charge on any atom is 0.194 e. The fourth-order valence-electron chi connectivity index (χ4n) is 1.86. The van der Waals surface area contributed by atoms with Gasteiger partial charge in [-0.1, -0.05) is 23.7 Å². The van der Waals surface area contributed by atoms with Gasteiger partial charge in [-0.2, -0.15) is 0 Å². The molecule has 0 saturated heterocycles. The van der Waals surface area contributed by atoms with Crippen molar-refractivity contribution in [2.24, 2.45) is 5.73 Å². The Morgan fingerprint density at radius 1 is 0.950 bits per heavy atom. The van der Waals surface area contributed by atoms with E-state index in [1.165, 1.54) is 18.2 Å². The first-order valence-corrected chi connectivity index (χ1v) is 6.11. The summed E-state index contributed by atoms with van der Waals surface area (Å²) in [6.07, 6.45) is 0.0656. The fourth-order valence-corrected chi connectivity index (χ4v) is 1.98. The van der Waals surface area contributed by atoms with Crippen LogP contribution in [-0.4, -0.2) is 0 Å². The van der Waals surface area contributed by atoms with Crippen molar-refractivity contribution in [1.29, 1.82) is 0 Å². The molecule has 0 bridgehead atoms. The van der Waals surface area contributed by atoms with Crippen LogP contribution in [0.4, 0.5) is 17.6 Å². The topological polar surface area (TPSA) is 26.0 Å². The minimum absolute atomic E-state index is 0.0404. The second-order valence-electron chi connectivity index (χ2n) is 4.32. The molecule has 1 atom stereocenters. The summed E-state index contributed by atoms with van der Waals surface area (Å²) in [5, 5.41) is -0.0404. The number of halogens is 5. The molecule has 1 nitrogen and oxygen atoms in total. The van der Waals surface area contributed by atoms with Crippen molar-refractivity contribution in [3.8, 4) is 0 Å². The van der Waals surface area contributed by atoms with Gasteiger partial charge in [-0.05, 0) is 30.2 Å². The maximum atomic E-state index is 13.6. The van der Waals surface area contributed by atoms with Crippen LogP contribution in [0.15, 0.2) is 30.3 Å². The summed E-state index contributed by atoms with van der Waals surface area (Å²) >= 11 is 5.54. The Hall–Kier alpha value is -1.59. The van der Waals surface area contributed by atoms with E-state index in [0.29, 0.717) is 5.56 Å². The molecular weight excluding hydrogens is 294 g/mol. The van der Waals surface area contributed by atoms with Crippen LogP contribution < -0.4 is 5.73 Å². The number of benzene rings is 2. The van der Waals surface area contributed by atoms with E-state index in [-0.39, 0.29) is 17.0 Å². The summed E-state index contributed by atoms with van der Waals surface area (Å²) in [7, 11) is 0. The van der Waals surface area contributed by atoms with Gasteiger partial charge < -0.3 is 5.73 Å². The maximum absolute atomic E-state index is 13.6. The van der Waals surface area contributed by atoms with Gasteiger partial charge in [-0.3, -0.25) is 0 Å². The Morgan fingerprint density at radius 3 is 2.30 bits per heavy atom. The van der Waals surface area contributed by atoms with Crippen LogP contribution in [0.2, 0.25) is 5.02 Å². The van der Waals surface area contributed by atoms with E-state index in [4.69, 9.17) is 17.3 Å². The quantitative estimate of drug-likeness (QED) is 0.669. The predicted octanol–water partition coefficient (Wildman–Crippen LogP) is 4.14. The zero-order valence-corrected chi connectivity index (χ0v) is 10.9. The van der Waals surface area contributed by atoms with Crippen LogP contribution >= 0.6 is 11.6 Å². The normalized spacial score (nSPS) is 12.5. The number of rotatable bonds is 3. The highest BCUT2D eigenvalue weighted by molar-refractivity contribution is 6.30. The SMILES string of the molecule is NC(Cc1ccc(Cl)c(F)c1)c1ccc(F)c(F)c1F. The van der Waals surface area contributed by atoms with Gasteiger partial charge in [-0.25, -0.2) is 17.6 Å². The molecule has 2 aromatic rings. The van der Waals surface area contributed by atoms with E-state index < -0.39 is 29.3 Å². The smallest absolute Gasteiger partial charge is 0.194 e. The van der Waals surface area contributed by atoms with Crippen LogP contribution in [0.1, 0.15) is 17.2 Å². The van der Waals surface area contributed by atoms with Crippen molar-refractivity contribution in [3.63, 3.8) is 0 Å². The van der Waals surface area contributed by atoms with Gasteiger partial charge >= 0.3 is 0 Å². The molecule has 2 rings (SSSR count). The third-order valence-electron chi connectivity index (χ3n) is 2.90. The molecule has 6 heteroatoms. The fraction of sp³-hybridized carbons (Fsp3) is 0.143. The first kappa shape index (κ1) is 14.8. The van der Waals surface area contributed by atoms with Crippen LogP contribution in [-0.2, 0) is 6.42 Å². The molecule has 0 aliphatic heterocycles. The minimum Gasteiger partial charge on any atom is -0.324 e. The van der Waals surface area contributed by atoms with Crippen LogP contribution in [0, 0.1) is 23.3 Å². The second kappa shape index (κ2) is 5.81. The lowest BCUT2D eigenvalue weighted by Crippen LogP contribution is -2.16. The van der Waals surface area contributed by atoms with Gasteiger partial charge in [0.15, 0.2) is 17.5 Å². The molecule has 0 saturated carbocycles. The Labute approximate surface area is 118 Å². The van der Waals surface area contributed by atoms with Gasteiger partial charge in [0, 0.05) is 11.6 Å². The third kappa shape index (κ3) is 2.94. The molecule has 0 aliphatic carbocycles. The average Bonchev–Trinajstić information content (AvgIpc) is 2.40. The van der Waals surface area contributed by atoms with Crippen molar-refractivity contribution in [2.45, 2.75) is 12.5 Å². The molecule has 106 valence electrons. The van der Waals surface area contributed by atoms with Crippen molar-refractivity contribution >= 4 is 11.6 Å². The molecule has 20 heavy (non-hydrogen) atoms. The summed E-state index contributed by atoms with van der Waals surface area (Å²) in [5.74, 6) is -4.80. The molecule has 2 N–H and O–H groups in total. The van der Waals surface area contributed by atoms with Gasteiger partial charge in [-0.15, -0.1) is 0 Å². The monoisotopic (exact) mass is 303 g/mol. The lowest BCUT2D eigenvalue weighted by molar-refractivity contribution is 0.435. The minimum atomic E-state index is -1.57. The lowest BCUT2D eigenvalue weighted by atomic mass is 9.99. The van der Waals surface area contributed by atoms with Gasteiger partial charge in [0.05, 0.1) is 5.02 Å². The summed E-state index contributed by atoms with van der Waals surface area (Å²) in [5.41, 5.74) is 6.06. The van der Waals surface area contributed by atoms with E-state index in [1.807, 2.05) is 0 Å². The molecular formula is C14H10ClF4N. The van der Waals surface area contributed by atoms with Crippen molar-refractivity contribution in [1.82, 2.24) is 0 Å². The van der Waals surface area contributed by atoms with Crippen LogP contribution in [0.5, 0.6) is 0 Å². The zero-order valence-electron chi connectivity index (χ0n) is 10.1. The van der Waals surface area contributed by atoms with E-state index in [0.717, 1.165) is 12.1 Å². The highest BCUT2D eigenvalue weighted by atomic mass is 35.5. The molecule has 1 unspecified atom stereocenters. The largest absolute Gasteiger partial charge is 0.324 e. The highest BCUT2D eigenvalue weighted by Crippen LogP contribution is 2.24. The van der Waals surface area contributed by atoms with Gasteiger partial charge in [0.2, 0.25) is 0 Å². The van der Waals surface area contributed by atoms with Crippen LogP contribution in [0.3, 0.4) is 0 Å². The third-order valence-corrected chi connectivity index (χ3v) is 3.21. The standard InChI is InChI=1S/C14H10ClF4N/c15-9-3-1-7(5-11(9)17)6-12(20)8-2-4-10(16)14(19)13(8)18/h1-5,12H,6,20H2. The Bertz CT molecular complexity index is 645. The molecule has 2 aromatic carbocycles. The van der Waals surface area contributed by atoms with E-state index in [2.05, 4.69) is 0 Å². The van der Waals surface area contributed by atoms with E-state index in [9.17, 15) is 17.6 Å². The molecule has 0 spiro atoms. The molecule has 0 aromatic heterocycles. The van der Waals surface area contributed by atoms with Gasteiger partial charge in [0.25, 0.3) is 0 Å². The second-order valence-corrected chi connectivity index (χ2v) is 4.73. The molecule has 0 heterocycles. The number of nitrogens with two attached hydrogens (primary N) is 1. The van der Waals surface area contributed by atoms with E-state index >= 15 is 0 Å². The molecule has 0 fully saturated rings. The first-order valence-electron chi connectivity index (χ1n) is 5.73. The summed E-state index contributed by atoms with van der Waals surface area (Å²) < 4.78 is 52.8. The predicted molar refractivity (Wildman–Crippen MR) is 68.4 cm³/mol. The average molecular weight is 304 g/mol. The van der Waals surface area contributed by atoms with E-state index in [1.54, 1.807) is 0 Å². The zero-order chi connectivity index (χ0) is 14.9. The Morgan fingerprint density at radius 2 is 1.65 bits per heavy atom. The molecule has 0 amide bonds. The van der Waals surface area contributed by atoms with Crippen LogP contribution in [0.25, 0.3) is 0 Å². The van der Waals surface area contributed by atoms with Crippen molar-refractivity contribution in [2.75, 3.05) is 0 Å². The van der Waals surface area contributed by atoms with Gasteiger partial charge in [0.1, 0.15) is 5.82 Å². The molecule has 0 aliphatic rings. The lowest BCUT2D eigenvalue weighted by Gasteiger charge is -2.14. The highest BCUT2D eigenvalue weighted by Gasteiger charge is 2.18. The first-order chi connectivity index (χ1) is 9.40. The summed E-state index contributed by atoms with van der Waals surface area (Å²) in [4.78, 5) is 0. The summed E-state index contributed by atoms with van der Waals surface area (Å²) in [6, 6.07) is 5.00. The number of hydrogen-bond donors (Lipinski definition) is 1. The van der Waals surface area contributed by atoms with Crippen molar-refractivity contribution in [3.05, 3.63) is 69.8 Å².